The zero-order valence-electron chi connectivity index (χ0n) is 19.3. The van der Waals surface area contributed by atoms with Crippen molar-refractivity contribution in [1.29, 1.82) is 0 Å². The average Bonchev–Trinajstić information content (AvgIpc) is 2.72. The fraction of sp³-hybridized carbons (Fsp3) is 0.565. The number of carbonyl (C=O) groups excluding carboxylic acids is 2. The van der Waals surface area contributed by atoms with Gasteiger partial charge in [-0.05, 0) is 38.4 Å². The monoisotopic (exact) mass is 462 g/mol. The van der Waals surface area contributed by atoms with Crippen LogP contribution in [0.5, 0.6) is 0 Å². The highest BCUT2D eigenvalue weighted by Gasteiger charge is 2.47. The van der Waals surface area contributed by atoms with Gasteiger partial charge < -0.3 is 16.0 Å². The van der Waals surface area contributed by atoms with Crippen molar-refractivity contribution in [3.05, 3.63) is 42.2 Å². The molecule has 0 radical (unpaired) electrons. The van der Waals surface area contributed by atoms with Crippen molar-refractivity contribution in [2.24, 2.45) is 5.41 Å². The maximum Gasteiger partial charge on any atom is 0.264 e. The summed E-state index contributed by atoms with van der Waals surface area (Å²) >= 11 is 0. The Morgan fingerprint density at radius 3 is 2.56 bits per heavy atom. The van der Waals surface area contributed by atoms with Crippen molar-refractivity contribution in [1.82, 2.24) is 20.3 Å². The van der Waals surface area contributed by atoms with Crippen LogP contribution in [0.3, 0.4) is 0 Å². The first-order valence-electron chi connectivity index (χ1n) is 11.1. The number of rotatable bonds is 7. The molecule has 2 aliphatic rings. The average molecular weight is 463 g/mol. The summed E-state index contributed by atoms with van der Waals surface area (Å²) in [6.07, 6.45) is 4.85. The number of hydrogen-bond acceptors (Lipinski definition) is 5. The lowest BCUT2D eigenvalue weighted by Gasteiger charge is -2.51. The van der Waals surface area contributed by atoms with Gasteiger partial charge in [-0.25, -0.2) is 8.42 Å². The van der Waals surface area contributed by atoms with Gasteiger partial charge in [0.1, 0.15) is 6.04 Å². The van der Waals surface area contributed by atoms with Gasteiger partial charge in [0, 0.05) is 29.9 Å². The van der Waals surface area contributed by atoms with Crippen LogP contribution >= 0.6 is 0 Å². The van der Waals surface area contributed by atoms with E-state index in [4.69, 9.17) is 0 Å². The molecule has 3 rings (SSSR count). The van der Waals surface area contributed by atoms with Gasteiger partial charge in [0.2, 0.25) is 11.8 Å². The molecule has 8 nitrogen and oxygen atoms in total. The topological polar surface area (TPSA) is 108 Å². The van der Waals surface area contributed by atoms with Crippen LogP contribution in [0, 0.1) is 12.3 Å². The molecule has 32 heavy (non-hydrogen) atoms. The maximum absolute atomic E-state index is 13.2. The van der Waals surface area contributed by atoms with Crippen LogP contribution < -0.4 is 16.0 Å². The SMILES string of the molecule is CCC[C@]1(NC(=O)C[C@@H]2C(=O)NC=CN2S(=O)(=O)c2ccc(C)cc2)CCNCC1(C)C. The Bertz CT molecular complexity index is 984. The van der Waals surface area contributed by atoms with Crippen molar-refractivity contribution in [2.45, 2.75) is 69.9 Å². The van der Waals surface area contributed by atoms with Gasteiger partial charge in [0.25, 0.3) is 10.0 Å². The predicted molar refractivity (Wildman–Crippen MR) is 123 cm³/mol. The molecule has 0 unspecified atom stereocenters. The fourth-order valence-electron chi connectivity index (χ4n) is 4.66. The van der Waals surface area contributed by atoms with Gasteiger partial charge in [-0.1, -0.05) is 44.9 Å². The molecule has 0 bridgehead atoms. The Hall–Kier alpha value is -2.39. The molecule has 2 amide bonds. The first-order chi connectivity index (χ1) is 15.0. The second kappa shape index (κ2) is 9.23. The smallest absolute Gasteiger partial charge is 0.264 e. The minimum atomic E-state index is -3.99. The number of nitrogens with zero attached hydrogens (tertiary/aromatic N) is 1. The van der Waals surface area contributed by atoms with Crippen LogP contribution in [0.25, 0.3) is 0 Å². The summed E-state index contributed by atoms with van der Waals surface area (Å²) in [4.78, 5) is 25.9. The van der Waals surface area contributed by atoms with E-state index < -0.39 is 27.5 Å². The predicted octanol–water partition coefficient (Wildman–Crippen LogP) is 2.02. The summed E-state index contributed by atoms with van der Waals surface area (Å²) in [7, 11) is -3.99. The lowest BCUT2D eigenvalue weighted by molar-refractivity contribution is -0.131. The molecule has 2 atom stereocenters. The van der Waals surface area contributed by atoms with Crippen LogP contribution in [-0.2, 0) is 19.6 Å². The zero-order valence-corrected chi connectivity index (χ0v) is 20.1. The van der Waals surface area contributed by atoms with E-state index in [1.54, 1.807) is 12.1 Å². The Labute approximate surface area is 190 Å². The number of piperidine rings is 1. The molecule has 1 saturated heterocycles. The van der Waals surface area contributed by atoms with Gasteiger partial charge in [-0.2, -0.15) is 0 Å². The van der Waals surface area contributed by atoms with Gasteiger partial charge in [-0.15, -0.1) is 0 Å². The molecule has 0 aromatic heterocycles. The lowest BCUT2D eigenvalue weighted by atomic mass is 9.65. The second-order valence-corrected chi connectivity index (χ2v) is 11.2. The summed E-state index contributed by atoms with van der Waals surface area (Å²) in [6.45, 7) is 9.77. The molecule has 2 heterocycles. The molecule has 9 heteroatoms. The summed E-state index contributed by atoms with van der Waals surface area (Å²) < 4.78 is 27.5. The van der Waals surface area contributed by atoms with Gasteiger partial charge in [0.05, 0.1) is 11.3 Å². The van der Waals surface area contributed by atoms with E-state index in [1.165, 1.54) is 24.5 Å². The molecule has 2 aliphatic heterocycles. The molecule has 1 fully saturated rings. The van der Waals surface area contributed by atoms with E-state index in [1.807, 2.05) is 6.92 Å². The Morgan fingerprint density at radius 2 is 1.94 bits per heavy atom. The highest BCUT2D eigenvalue weighted by atomic mass is 32.2. The van der Waals surface area contributed by atoms with Crippen LogP contribution in [0.1, 0.15) is 52.0 Å². The maximum atomic E-state index is 13.2. The third-order valence-electron chi connectivity index (χ3n) is 6.68. The molecule has 1 aromatic rings. The van der Waals surface area contributed by atoms with Crippen molar-refractivity contribution >= 4 is 21.8 Å². The van der Waals surface area contributed by atoms with Gasteiger partial charge >= 0.3 is 0 Å². The Kier molecular flexibility index (Phi) is 7.00. The van der Waals surface area contributed by atoms with Crippen molar-refractivity contribution in [3.8, 4) is 0 Å². The zero-order chi connectivity index (χ0) is 23.6. The number of sulfonamides is 1. The van der Waals surface area contributed by atoms with E-state index in [-0.39, 0.29) is 22.6 Å². The molecule has 0 spiro atoms. The van der Waals surface area contributed by atoms with E-state index >= 15 is 0 Å². The number of nitrogens with one attached hydrogen (secondary N) is 3. The molecule has 1 aromatic carbocycles. The Balaban J connectivity index is 1.85. The van der Waals surface area contributed by atoms with Gasteiger partial charge in [-0.3, -0.25) is 13.9 Å². The van der Waals surface area contributed by atoms with E-state index in [0.29, 0.717) is 0 Å². The van der Waals surface area contributed by atoms with Gasteiger partial charge in [0.15, 0.2) is 0 Å². The normalized spacial score (nSPS) is 25.3. The quantitative estimate of drug-likeness (QED) is 0.575. The highest BCUT2D eigenvalue weighted by molar-refractivity contribution is 7.89. The first-order valence-corrected chi connectivity index (χ1v) is 12.6. The number of hydrogen-bond donors (Lipinski definition) is 3. The third-order valence-corrected chi connectivity index (χ3v) is 8.48. The summed E-state index contributed by atoms with van der Waals surface area (Å²) in [6, 6.07) is 5.27. The summed E-state index contributed by atoms with van der Waals surface area (Å²) in [5.41, 5.74) is 0.336. The molecular weight excluding hydrogens is 428 g/mol. The third kappa shape index (κ3) is 4.68. The largest absolute Gasteiger partial charge is 0.350 e. The number of aryl methyl sites for hydroxylation is 1. The minimum absolute atomic E-state index is 0.0785. The standard InChI is InChI=1S/C23H34N4O4S/c1-5-10-23(11-12-24-16-22(23,3)4)26-20(28)15-19-21(29)25-13-14-27(19)32(30,31)18-8-6-17(2)7-9-18/h6-9,13-14,19,24H,5,10-12,15-16H2,1-4H3,(H,25,29)(H,26,28)/t19-,23+/m1/s1. The lowest BCUT2D eigenvalue weighted by Crippen LogP contribution is -2.65. The molecule has 176 valence electrons. The summed E-state index contributed by atoms with van der Waals surface area (Å²) in [5.74, 6) is -0.847. The number of carbonyl (C=O) groups is 2. The van der Waals surface area contributed by atoms with E-state index in [9.17, 15) is 18.0 Å². The molecular formula is C23H34N4O4S. The van der Waals surface area contributed by atoms with Crippen molar-refractivity contribution in [2.75, 3.05) is 13.1 Å². The highest BCUT2D eigenvalue weighted by Crippen LogP contribution is 2.39. The summed E-state index contributed by atoms with van der Waals surface area (Å²) in [5, 5.41) is 9.13. The van der Waals surface area contributed by atoms with Crippen LogP contribution in [-0.4, -0.2) is 49.2 Å². The minimum Gasteiger partial charge on any atom is -0.350 e. The second-order valence-electron chi connectivity index (χ2n) is 9.38. The van der Waals surface area contributed by atoms with Crippen LogP contribution in [0.2, 0.25) is 0 Å². The van der Waals surface area contributed by atoms with Crippen LogP contribution in [0.4, 0.5) is 0 Å². The fourth-order valence-corrected chi connectivity index (χ4v) is 6.11. The van der Waals surface area contributed by atoms with Crippen molar-refractivity contribution in [3.63, 3.8) is 0 Å². The van der Waals surface area contributed by atoms with Crippen LogP contribution in [0.15, 0.2) is 41.6 Å². The first kappa shape index (κ1) is 24.3. The number of benzene rings is 1. The Morgan fingerprint density at radius 1 is 1.25 bits per heavy atom. The molecule has 0 aliphatic carbocycles. The van der Waals surface area contributed by atoms with Crippen molar-refractivity contribution < 1.29 is 18.0 Å². The molecule has 3 N–H and O–H groups in total. The molecule has 0 saturated carbocycles. The number of amides is 2. The van der Waals surface area contributed by atoms with E-state index in [0.717, 1.165) is 42.2 Å². The van der Waals surface area contributed by atoms with E-state index in [2.05, 4.69) is 36.7 Å².